The second-order valence-corrected chi connectivity index (χ2v) is 7.12. The predicted molar refractivity (Wildman–Crippen MR) is 113 cm³/mol. The molecule has 0 radical (unpaired) electrons. The lowest BCUT2D eigenvalue weighted by molar-refractivity contribution is 0.669. The average Bonchev–Trinajstić information content (AvgIpc) is 3.23. The minimum absolute atomic E-state index is 0.931. The van der Waals surface area contributed by atoms with E-state index in [0.717, 1.165) is 16.6 Å². The van der Waals surface area contributed by atoms with Crippen LogP contribution in [0.15, 0.2) is 89.3 Å². The van der Waals surface area contributed by atoms with Gasteiger partial charge in [0, 0.05) is 21.8 Å². The molecule has 0 aliphatic rings. The Hall–Kier alpha value is -3.52. The van der Waals surface area contributed by atoms with Crippen LogP contribution < -0.4 is 0 Å². The molecule has 0 aliphatic carbocycles. The van der Waals surface area contributed by atoms with E-state index in [2.05, 4.69) is 84.3 Å². The number of benzene rings is 4. The molecule has 2 aromatic heterocycles. The molecule has 0 atom stereocenters. The number of fused-ring (bicyclic) bond motifs is 7. The molecule has 0 spiro atoms. The first-order valence-corrected chi connectivity index (χ1v) is 9.22. The summed E-state index contributed by atoms with van der Waals surface area (Å²) in [6, 6.07) is 29.9. The van der Waals surface area contributed by atoms with Crippen LogP contribution in [0.4, 0.5) is 0 Å². The lowest BCUT2D eigenvalue weighted by Crippen LogP contribution is -1.93. The lowest BCUT2D eigenvalue weighted by Gasteiger charge is -2.08. The van der Waals surface area contributed by atoms with Crippen LogP contribution in [0.1, 0.15) is 5.56 Å². The minimum atomic E-state index is 0.931. The number of aromatic nitrogens is 1. The second kappa shape index (κ2) is 5.24. The van der Waals surface area contributed by atoms with E-state index < -0.39 is 0 Å². The molecule has 0 saturated heterocycles. The van der Waals surface area contributed by atoms with Gasteiger partial charge in [-0.25, -0.2) is 0 Å². The zero-order valence-electron chi connectivity index (χ0n) is 14.9. The zero-order valence-corrected chi connectivity index (χ0v) is 14.9. The molecule has 2 nitrogen and oxygen atoms in total. The maximum atomic E-state index is 6.16. The van der Waals surface area contributed by atoms with E-state index in [1.807, 2.05) is 12.1 Å². The summed E-state index contributed by atoms with van der Waals surface area (Å²) in [5.74, 6) is 0. The largest absolute Gasteiger partial charge is 0.456 e. The summed E-state index contributed by atoms with van der Waals surface area (Å²) in [7, 11) is 0. The Morgan fingerprint density at radius 3 is 2.37 bits per heavy atom. The SMILES string of the molecule is Cc1ccc2c(c1)c1ccc3oc4ccccc4c3c1n2-c1ccccc1. The summed E-state index contributed by atoms with van der Waals surface area (Å²) in [6.45, 7) is 2.15. The van der Waals surface area contributed by atoms with Gasteiger partial charge in [0.15, 0.2) is 0 Å². The summed E-state index contributed by atoms with van der Waals surface area (Å²) < 4.78 is 8.53. The number of nitrogens with zero attached hydrogens (tertiary/aromatic N) is 1. The smallest absolute Gasteiger partial charge is 0.137 e. The van der Waals surface area contributed by atoms with Crippen molar-refractivity contribution in [3.8, 4) is 5.69 Å². The maximum Gasteiger partial charge on any atom is 0.137 e. The van der Waals surface area contributed by atoms with E-state index in [4.69, 9.17) is 4.42 Å². The molecule has 4 aromatic carbocycles. The van der Waals surface area contributed by atoms with Crippen LogP contribution in [0.25, 0.3) is 49.4 Å². The van der Waals surface area contributed by atoms with Crippen LogP contribution in [0, 0.1) is 6.92 Å². The fourth-order valence-corrected chi connectivity index (χ4v) is 4.27. The van der Waals surface area contributed by atoms with Gasteiger partial charge in [-0.2, -0.15) is 0 Å². The molecule has 0 amide bonds. The molecule has 27 heavy (non-hydrogen) atoms. The highest BCUT2D eigenvalue weighted by Crippen LogP contribution is 2.40. The van der Waals surface area contributed by atoms with E-state index in [-0.39, 0.29) is 0 Å². The number of furan rings is 1. The predicted octanol–water partition coefficient (Wildman–Crippen LogP) is 6.99. The maximum absolute atomic E-state index is 6.16. The van der Waals surface area contributed by atoms with Gasteiger partial charge in [-0.15, -0.1) is 0 Å². The normalized spacial score (nSPS) is 11.9. The zero-order chi connectivity index (χ0) is 18.0. The van der Waals surface area contributed by atoms with Crippen molar-refractivity contribution in [1.29, 1.82) is 0 Å². The highest BCUT2D eigenvalue weighted by molar-refractivity contribution is 6.24. The number of hydrogen-bond donors (Lipinski definition) is 0. The van der Waals surface area contributed by atoms with Crippen molar-refractivity contribution >= 4 is 43.7 Å². The van der Waals surface area contributed by atoms with E-state index in [1.165, 1.54) is 38.4 Å². The fourth-order valence-electron chi connectivity index (χ4n) is 4.27. The molecular weight excluding hydrogens is 330 g/mol. The van der Waals surface area contributed by atoms with E-state index >= 15 is 0 Å². The van der Waals surface area contributed by atoms with Crippen molar-refractivity contribution in [3.63, 3.8) is 0 Å². The number of rotatable bonds is 1. The molecule has 0 N–H and O–H groups in total. The Balaban J connectivity index is 1.95. The van der Waals surface area contributed by atoms with Crippen LogP contribution in [-0.2, 0) is 0 Å². The number of hydrogen-bond acceptors (Lipinski definition) is 1. The van der Waals surface area contributed by atoms with Crippen molar-refractivity contribution < 1.29 is 4.42 Å². The summed E-state index contributed by atoms with van der Waals surface area (Å²) in [4.78, 5) is 0. The molecule has 0 aliphatic heterocycles. The molecule has 6 rings (SSSR count). The van der Waals surface area contributed by atoms with Crippen molar-refractivity contribution in [3.05, 3.63) is 90.5 Å². The fraction of sp³-hybridized carbons (Fsp3) is 0.0400. The summed E-state index contributed by atoms with van der Waals surface area (Å²) in [5.41, 5.74) is 6.73. The van der Waals surface area contributed by atoms with Crippen LogP contribution in [-0.4, -0.2) is 4.57 Å². The van der Waals surface area contributed by atoms with Gasteiger partial charge in [-0.3, -0.25) is 0 Å². The van der Waals surface area contributed by atoms with Gasteiger partial charge in [-0.05, 0) is 49.4 Å². The lowest BCUT2D eigenvalue weighted by atomic mass is 10.1. The van der Waals surface area contributed by atoms with Gasteiger partial charge in [0.05, 0.1) is 16.4 Å². The van der Waals surface area contributed by atoms with Gasteiger partial charge in [0.25, 0.3) is 0 Å². The van der Waals surface area contributed by atoms with Gasteiger partial charge in [0.1, 0.15) is 11.2 Å². The quantitative estimate of drug-likeness (QED) is 0.313. The first-order valence-electron chi connectivity index (χ1n) is 9.22. The Kier molecular flexibility index (Phi) is 2.84. The third kappa shape index (κ3) is 1.95. The molecule has 0 unspecified atom stereocenters. The van der Waals surface area contributed by atoms with Crippen molar-refractivity contribution in [1.82, 2.24) is 4.57 Å². The second-order valence-electron chi connectivity index (χ2n) is 7.12. The van der Waals surface area contributed by atoms with Gasteiger partial charge >= 0.3 is 0 Å². The Bertz CT molecular complexity index is 1470. The summed E-state index contributed by atoms with van der Waals surface area (Å²) in [6.07, 6.45) is 0. The van der Waals surface area contributed by atoms with Gasteiger partial charge in [0.2, 0.25) is 0 Å². The average molecular weight is 347 g/mol. The van der Waals surface area contributed by atoms with E-state index in [0.29, 0.717) is 0 Å². The molecule has 2 heteroatoms. The third-order valence-corrected chi connectivity index (χ3v) is 5.44. The van der Waals surface area contributed by atoms with Gasteiger partial charge in [-0.1, -0.05) is 48.0 Å². The molecule has 0 fully saturated rings. The van der Waals surface area contributed by atoms with E-state index in [9.17, 15) is 0 Å². The minimum Gasteiger partial charge on any atom is -0.456 e. The number of aryl methyl sites for hydroxylation is 1. The van der Waals surface area contributed by atoms with Crippen molar-refractivity contribution in [2.24, 2.45) is 0 Å². The molecule has 2 heterocycles. The van der Waals surface area contributed by atoms with Crippen LogP contribution in [0.2, 0.25) is 0 Å². The van der Waals surface area contributed by atoms with E-state index in [1.54, 1.807) is 0 Å². The highest BCUT2D eigenvalue weighted by atomic mass is 16.3. The Morgan fingerprint density at radius 2 is 1.48 bits per heavy atom. The Labute approximate surface area is 156 Å². The topological polar surface area (TPSA) is 18.1 Å². The monoisotopic (exact) mass is 347 g/mol. The van der Waals surface area contributed by atoms with Crippen molar-refractivity contribution in [2.75, 3.05) is 0 Å². The molecule has 0 bridgehead atoms. The molecule has 6 aromatic rings. The molecular formula is C25H17NO. The van der Waals surface area contributed by atoms with Crippen LogP contribution in [0.5, 0.6) is 0 Å². The Morgan fingerprint density at radius 1 is 0.667 bits per heavy atom. The molecule has 128 valence electrons. The summed E-state index contributed by atoms with van der Waals surface area (Å²) >= 11 is 0. The third-order valence-electron chi connectivity index (χ3n) is 5.44. The first-order chi connectivity index (χ1) is 13.3. The van der Waals surface area contributed by atoms with Crippen molar-refractivity contribution in [2.45, 2.75) is 6.92 Å². The first kappa shape index (κ1) is 14.6. The number of para-hydroxylation sites is 2. The molecule has 0 saturated carbocycles. The standard InChI is InChI=1S/C25H17NO/c1-16-11-13-21-20(15-16)18-12-14-23-24(19-9-5-6-10-22(19)27-23)25(18)26(21)17-7-3-2-4-8-17/h2-15H,1H3. The highest BCUT2D eigenvalue weighted by Gasteiger charge is 2.18. The summed E-state index contributed by atoms with van der Waals surface area (Å²) in [5, 5.41) is 4.88. The van der Waals surface area contributed by atoms with Crippen LogP contribution in [0.3, 0.4) is 0 Å². The van der Waals surface area contributed by atoms with Gasteiger partial charge < -0.3 is 8.98 Å². The van der Waals surface area contributed by atoms with Crippen LogP contribution >= 0.6 is 0 Å².